The molecular formula is C27H36N2O3. The van der Waals surface area contributed by atoms with Crippen LogP contribution in [-0.2, 0) is 11.3 Å². The first-order chi connectivity index (χ1) is 15.5. The number of ether oxygens (including phenoxy) is 2. The van der Waals surface area contributed by atoms with Gasteiger partial charge in [-0.1, -0.05) is 44.2 Å². The Labute approximate surface area is 192 Å². The van der Waals surface area contributed by atoms with Crippen LogP contribution in [0.3, 0.4) is 0 Å². The van der Waals surface area contributed by atoms with Crippen molar-refractivity contribution in [2.24, 2.45) is 5.92 Å². The summed E-state index contributed by atoms with van der Waals surface area (Å²) in [5.41, 5.74) is 2.31. The Bertz CT molecular complexity index is 901. The zero-order valence-electron chi connectivity index (χ0n) is 19.6. The molecule has 0 aliphatic carbocycles. The molecule has 2 heterocycles. The fourth-order valence-electron chi connectivity index (χ4n) is 4.95. The molecule has 1 spiro atoms. The molecule has 1 amide bonds. The Hall–Kier alpha value is -2.53. The second-order valence-corrected chi connectivity index (χ2v) is 9.75. The SMILES string of the molecule is COc1ccc(CN2CCC3(CC2)C[C@H](CC(=O)NCC(C)C)c2ccccc2O3)cc1. The summed E-state index contributed by atoms with van der Waals surface area (Å²) in [7, 11) is 1.70. The third-order valence-corrected chi connectivity index (χ3v) is 6.78. The molecule has 0 unspecified atom stereocenters. The second-order valence-electron chi connectivity index (χ2n) is 9.75. The van der Waals surface area contributed by atoms with Crippen molar-refractivity contribution < 1.29 is 14.3 Å². The number of carbonyl (C=O) groups is 1. The van der Waals surface area contributed by atoms with E-state index in [9.17, 15) is 4.79 Å². The summed E-state index contributed by atoms with van der Waals surface area (Å²) < 4.78 is 11.9. The van der Waals surface area contributed by atoms with Gasteiger partial charge in [-0.2, -0.15) is 0 Å². The van der Waals surface area contributed by atoms with E-state index in [2.05, 4.69) is 54.4 Å². The molecule has 0 saturated carbocycles. The van der Waals surface area contributed by atoms with Crippen LogP contribution in [0.2, 0.25) is 0 Å². The Morgan fingerprint density at radius 2 is 1.88 bits per heavy atom. The van der Waals surface area contributed by atoms with Crippen molar-refractivity contribution in [3.63, 3.8) is 0 Å². The van der Waals surface area contributed by atoms with E-state index in [4.69, 9.17) is 9.47 Å². The van der Waals surface area contributed by atoms with Gasteiger partial charge in [0.2, 0.25) is 5.91 Å². The van der Waals surface area contributed by atoms with E-state index in [0.717, 1.165) is 56.9 Å². The lowest BCUT2D eigenvalue weighted by atomic mass is 9.76. The highest BCUT2D eigenvalue weighted by molar-refractivity contribution is 5.77. The number of hydrogen-bond donors (Lipinski definition) is 1. The Balaban J connectivity index is 1.40. The predicted molar refractivity (Wildman–Crippen MR) is 127 cm³/mol. The van der Waals surface area contributed by atoms with Gasteiger partial charge in [0.25, 0.3) is 0 Å². The van der Waals surface area contributed by atoms with Crippen molar-refractivity contribution in [1.82, 2.24) is 10.2 Å². The molecule has 2 aromatic rings. The summed E-state index contributed by atoms with van der Waals surface area (Å²) in [5.74, 6) is 2.67. The maximum absolute atomic E-state index is 12.6. The van der Waals surface area contributed by atoms with Crippen LogP contribution in [-0.4, -0.2) is 43.2 Å². The zero-order valence-corrected chi connectivity index (χ0v) is 19.6. The number of amides is 1. The lowest BCUT2D eigenvalue weighted by molar-refractivity contribution is -0.122. The summed E-state index contributed by atoms with van der Waals surface area (Å²) in [5, 5.41) is 3.10. The molecular weight excluding hydrogens is 400 g/mol. The number of hydrogen-bond acceptors (Lipinski definition) is 4. The molecule has 0 bridgehead atoms. The molecule has 32 heavy (non-hydrogen) atoms. The number of benzene rings is 2. The highest BCUT2D eigenvalue weighted by atomic mass is 16.5. The number of fused-ring (bicyclic) bond motifs is 1. The number of rotatable bonds is 7. The molecule has 2 aliphatic rings. The molecule has 1 N–H and O–H groups in total. The number of nitrogens with zero attached hydrogens (tertiary/aromatic N) is 1. The quantitative estimate of drug-likeness (QED) is 0.680. The van der Waals surface area contributed by atoms with E-state index in [1.807, 2.05) is 18.2 Å². The van der Waals surface area contributed by atoms with Crippen LogP contribution >= 0.6 is 0 Å². The van der Waals surface area contributed by atoms with Gasteiger partial charge in [0.05, 0.1) is 7.11 Å². The van der Waals surface area contributed by atoms with Gasteiger partial charge >= 0.3 is 0 Å². The fraction of sp³-hybridized carbons (Fsp3) is 0.519. The normalized spacial score (nSPS) is 19.9. The first kappa shape index (κ1) is 22.7. The maximum Gasteiger partial charge on any atom is 0.220 e. The van der Waals surface area contributed by atoms with Crippen molar-refractivity contribution in [3.05, 3.63) is 59.7 Å². The number of para-hydroxylation sites is 1. The molecule has 4 rings (SSSR count). The van der Waals surface area contributed by atoms with Gasteiger partial charge in [-0.3, -0.25) is 9.69 Å². The number of methoxy groups -OCH3 is 1. The van der Waals surface area contributed by atoms with Crippen molar-refractivity contribution in [1.29, 1.82) is 0 Å². The summed E-state index contributed by atoms with van der Waals surface area (Å²) in [6, 6.07) is 16.6. The van der Waals surface area contributed by atoms with Crippen molar-refractivity contribution in [2.75, 3.05) is 26.7 Å². The highest BCUT2D eigenvalue weighted by Crippen LogP contribution is 2.46. The molecule has 2 aliphatic heterocycles. The highest BCUT2D eigenvalue weighted by Gasteiger charge is 2.43. The van der Waals surface area contributed by atoms with E-state index in [-0.39, 0.29) is 17.4 Å². The number of likely N-dealkylation sites (tertiary alicyclic amines) is 1. The van der Waals surface area contributed by atoms with Gasteiger partial charge in [0, 0.05) is 38.5 Å². The largest absolute Gasteiger partial charge is 0.497 e. The molecule has 2 aromatic carbocycles. The first-order valence-electron chi connectivity index (χ1n) is 11.9. The molecule has 1 fully saturated rings. The topological polar surface area (TPSA) is 50.8 Å². The summed E-state index contributed by atoms with van der Waals surface area (Å²) in [6.07, 6.45) is 3.42. The maximum atomic E-state index is 12.6. The first-order valence-corrected chi connectivity index (χ1v) is 11.9. The molecule has 1 saturated heterocycles. The van der Waals surface area contributed by atoms with Gasteiger partial charge in [-0.15, -0.1) is 0 Å². The molecule has 0 aromatic heterocycles. The average Bonchev–Trinajstić information content (AvgIpc) is 2.80. The minimum absolute atomic E-state index is 0.146. The number of piperidine rings is 1. The van der Waals surface area contributed by atoms with Crippen molar-refractivity contribution in [2.45, 2.75) is 57.6 Å². The summed E-state index contributed by atoms with van der Waals surface area (Å²) in [6.45, 7) is 7.92. The Morgan fingerprint density at radius 3 is 2.56 bits per heavy atom. The van der Waals surface area contributed by atoms with E-state index in [0.29, 0.717) is 12.3 Å². The van der Waals surface area contributed by atoms with Crippen molar-refractivity contribution >= 4 is 5.91 Å². The van der Waals surface area contributed by atoms with Crippen LogP contribution in [0.5, 0.6) is 11.5 Å². The van der Waals surface area contributed by atoms with Gasteiger partial charge in [0.15, 0.2) is 0 Å². The van der Waals surface area contributed by atoms with E-state index in [1.165, 1.54) is 11.1 Å². The summed E-state index contributed by atoms with van der Waals surface area (Å²) >= 11 is 0. The van der Waals surface area contributed by atoms with Crippen LogP contribution in [0.25, 0.3) is 0 Å². The zero-order chi connectivity index (χ0) is 22.6. The Morgan fingerprint density at radius 1 is 1.16 bits per heavy atom. The van der Waals surface area contributed by atoms with E-state index < -0.39 is 0 Å². The Kier molecular flexibility index (Phi) is 7.04. The van der Waals surface area contributed by atoms with Crippen LogP contribution in [0.4, 0.5) is 0 Å². The minimum atomic E-state index is -0.173. The van der Waals surface area contributed by atoms with Gasteiger partial charge in [0.1, 0.15) is 17.1 Å². The molecule has 5 nitrogen and oxygen atoms in total. The third kappa shape index (κ3) is 5.44. The molecule has 0 radical (unpaired) electrons. The van der Waals surface area contributed by atoms with E-state index in [1.54, 1.807) is 7.11 Å². The van der Waals surface area contributed by atoms with Gasteiger partial charge in [-0.05, 0) is 54.5 Å². The van der Waals surface area contributed by atoms with Gasteiger partial charge < -0.3 is 14.8 Å². The number of nitrogens with one attached hydrogen (secondary N) is 1. The van der Waals surface area contributed by atoms with Crippen LogP contribution in [0, 0.1) is 5.92 Å². The van der Waals surface area contributed by atoms with E-state index >= 15 is 0 Å². The molecule has 5 heteroatoms. The molecule has 1 atom stereocenters. The standard InChI is InChI=1S/C27H36N2O3/c1-20(2)18-28-26(30)16-22-17-27(32-25-7-5-4-6-24(22)25)12-14-29(15-13-27)19-21-8-10-23(31-3)11-9-21/h4-11,20,22H,12-19H2,1-3H3,(H,28,30)/t22-/m0/s1. The lowest BCUT2D eigenvalue weighted by Crippen LogP contribution is -2.50. The second kappa shape index (κ2) is 9.95. The van der Waals surface area contributed by atoms with Crippen LogP contribution < -0.4 is 14.8 Å². The summed E-state index contributed by atoms with van der Waals surface area (Å²) in [4.78, 5) is 15.1. The van der Waals surface area contributed by atoms with Crippen LogP contribution in [0.15, 0.2) is 48.5 Å². The van der Waals surface area contributed by atoms with Gasteiger partial charge in [-0.25, -0.2) is 0 Å². The fourth-order valence-corrected chi connectivity index (χ4v) is 4.95. The predicted octanol–water partition coefficient (Wildman–Crippen LogP) is 4.76. The smallest absolute Gasteiger partial charge is 0.220 e. The molecule has 172 valence electrons. The van der Waals surface area contributed by atoms with Crippen LogP contribution in [0.1, 0.15) is 56.6 Å². The third-order valence-electron chi connectivity index (χ3n) is 6.78. The lowest BCUT2D eigenvalue weighted by Gasteiger charge is -2.47. The number of carbonyl (C=O) groups excluding carboxylic acids is 1. The minimum Gasteiger partial charge on any atom is -0.497 e. The monoisotopic (exact) mass is 436 g/mol. The van der Waals surface area contributed by atoms with Crippen molar-refractivity contribution in [3.8, 4) is 11.5 Å². The average molecular weight is 437 g/mol.